The first-order valence-corrected chi connectivity index (χ1v) is 6.15. The van der Waals surface area contributed by atoms with Crippen LogP contribution in [-0.2, 0) is 9.59 Å². The summed E-state index contributed by atoms with van der Waals surface area (Å²) in [7, 11) is 0. The predicted molar refractivity (Wildman–Crippen MR) is 68.4 cm³/mol. The van der Waals surface area contributed by atoms with E-state index in [0.717, 1.165) is 0 Å². The normalized spacial score (nSPS) is 11.1. The van der Waals surface area contributed by atoms with Crippen molar-refractivity contribution in [2.75, 3.05) is 19.6 Å². The van der Waals surface area contributed by atoms with E-state index in [1.165, 1.54) is 0 Å². The van der Waals surface area contributed by atoms with Crippen LogP contribution in [0.5, 0.6) is 0 Å². The Kier molecular flexibility index (Phi) is 6.80. The Bertz CT molecular complexity index is 260. The van der Waals surface area contributed by atoms with Crippen LogP contribution in [0.15, 0.2) is 0 Å². The number of rotatable bonds is 7. The molecular formula is C12H25N3O2. The van der Waals surface area contributed by atoms with E-state index >= 15 is 0 Å². The fourth-order valence-corrected chi connectivity index (χ4v) is 1.45. The van der Waals surface area contributed by atoms with Crippen molar-refractivity contribution in [1.29, 1.82) is 0 Å². The van der Waals surface area contributed by atoms with Crippen molar-refractivity contribution in [2.45, 2.75) is 46.1 Å². The van der Waals surface area contributed by atoms with Crippen molar-refractivity contribution in [2.24, 2.45) is 5.73 Å². The number of hydrogen-bond acceptors (Lipinski definition) is 3. The fourth-order valence-electron chi connectivity index (χ4n) is 1.45. The number of nitrogens with one attached hydrogen (secondary N) is 1. The van der Waals surface area contributed by atoms with Crippen LogP contribution in [0, 0.1) is 0 Å². The molecule has 0 atom stereocenters. The number of hydrogen-bond donors (Lipinski definition) is 2. The number of carbonyl (C=O) groups is 2. The summed E-state index contributed by atoms with van der Waals surface area (Å²) in [6.07, 6.45) is 0.479. The van der Waals surface area contributed by atoms with Gasteiger partial charge in [0.05, 0.1) is 0 Å². The molecule has 0 saturated carbocycles. The minimum Gasteiger partial charge on any atom is -0.350 e. The van der Waals surface area contributed by atoms with Crippen molar-refractivity contribution in [3.63, 3.8) is 0 Å². The molecule has 0 unspecified atom stereocenters. The highest BCUT2D eigenvalue weighted by Gasteiger charge is 2.19. The lowest BCUT2D eigenvalue weighted by Crippen LogP contribution is -2.49. The number of nitrogens with two attached hydrogens (primary N) is 1. The van der Waals surface area contributed by atoms with Crippen molar-refractivity contribution in [3.8, 4) is 0 Å². The molecule has 0 aromatic heterocycles. The highest BCUT2D eigenvalue weighted by atomic mass is 16.2. The summed E-state index contributed by atoms with van der Waals surface area (Å²) in [5, 5.41) is 2.80. The molecule has 3 N–H and O–H groups in total. The third-order valence-corrected chi connectivity index (χ3v) is 2.67. The molecule has 0 aliphatic heterocycles. The summed E-state index contributed by atoms with van der Waals surface area (Å²) in [6, 6.07) is 0. The maximum Gasteiger partial charge on any atom is 0.223 e. The molecule has 5 heteroatoms. The number of carbonyl (C=O) groups excluding carboxylic acids is 2. The van der Waals surface area contributed by atoms with Crippen LogP contribution in [0.4, 0.5) is 0 Å². The van der Waals surface area contributed by atoms with Gasteiger partial charge in [0.1, 0.15) is 0 Å². The van der Waals surface area contributed by atoms with Crippen LogP contribution < -0.4 is 11.1 Å². The molecule has 0 saturated heterocycles. The van der Waals surface area contributed by atoms with Gasteiger partial charge in [0.15, 0.2) is 0 Å². The van der Waals surface area contributed by atoms with E-state index in [0.29, 0.717) is 19.6 Å². The Labute approximate surface area is 104 Å². The summed E-state index contributed by atoms with van der Waals surface area (Å²) in [6.45, 7) is 9.32. The van der Waals surface area contributed by atoms with Crippen LogP contribution in [0.3, 0.4) is 0 Å². The molecule has 0 radical (unpaired) electrons. The molecule has 17 heavy (non-hydrogen) atoms. The van der Waals surface area contributed by atoms with E-state index in [2.05, 4.69) is 5.32 Å². The molecule has 2 amide bonds. The SMILES string of the molecule is CCN(CC)C(=O)CCC(=O)NC(C)(C)CN. The summed E-state index contributed by atoms with van der Waals surface area (Å²) in [5.74, 6) is -0.100. The first-order chi connectivity index (χ1) is 7.86. The lowest BCUT2D eigenvalue weighted by molar-refractivity contribution is -0.133. The largest absolute Gasteiger partial charge is 0.350 e. The molecule has 0 aromatic rings. The fraction of sp³-hybridized carbons (Fsp3) is 0.833. The molecule has 0 heterocycles. The molecule has 0 aromatic carbocycles. The molecule has 0 rings (SSSR count). The molecule has 0 aliphatic rings. The van der Waals surface area contributed by atoms with Gasteiger partial charge in [-0.2, -0.15) is 0 Å². The van der Waals surface area contributed by atoms with Gasteiger partial charge in [-0.1, -0.05) is 0 Å². The zero-order valence-corrected chi connectivity index (χ0v) is 11.4. The van der Waals surface area contributed by atoms with Gasteiger partial charge < -0.3 is 16.0 Å². The lowest BCUT2D eigenvalue weighted by atomic mass is 10.1. The maximum atomic E-state index is 11.7. The van der Waals surface area contributed by atoms with Gasteiger partial charge in [0.2, 0.25) is 11.8 Å². The summed E-state index contributed by atoms with van der Waals surface area (Å²) in [4.78, 5) is 25.0. The lowest BCUT2D eigenvalue weighted by Gasteiger charge is -2.24. The van der Waals surface area contributed by atoms with Gasteiger partial charge in [-0.05, 0) is 27.7 Å². The van der Waals surface area contributed by atoms with E-state index in [4.69, 9.17) is 5.73 Å². The standard InChI is InChI=1S/C12H25N3O2/c1-5-15(6-2)11(17)8-7-10(16)14-12(3,4)9-13/h5-9,13H2,1-4H3,(H,14,16). The zero-order chi connectivity index (χ0) is 13.5. The van der Waals surface area contributed by atoms with E-state index in [1.54, 1.807) is 4.90 Å². The topological polar surface area (TPSA) is 75.4 Å². The number of nitrogens with zero attached hydrogens (tertiary/aromatic N) is 1. The second kappa shape index (κ2) is 7.27. The minimum absolute atomic E-state index is 0.0238. The first kappa shape index (κ1) is 15.9. The highest BCUT2D eigenvalue weighted by Crippen LogP contribution is 2.02. The van der Waals surface area contributed by atoms with Crippen LogP contribution in [0.1, 0.15) is 40.5 Å². The van der Waals surface area contributed by atoms with Crippen LogP contribution in [0.25, 0.3) is 0 Å². The Hall–Kier alpha value is -1.10. The predicted octanol–water partition coefficient (Wildman–Crippen LogP) is 0.489. The number of amides is 2. The zero-order valence-electron chi connectivity index (χ0n) is 11.4. The van der Waals surface area contributed by atoms with Crippen molar-refractivity contribution >= 4 is 11.8 Å². The molecule has 100 valence electrons. The smallest absolute Gasteiger partial charge is 0.223 e. The van der Waals surface area contributed by atoms with Crippen LogP contribution in [-0.4, -0.2) is 41.9 Å². The summed E-state index contributed by atoms with van der Waals surface area (Å²) < 4.78 is 0. The molecule has 0 fully saturated rings. The molecule has 0 bridgehead atoms. The Balaban J connectivity index is 4.04. The van der Waals surface area contributed by atoms with E-state index < -0.39 is 5.54 Å². The van der Waals surface area contributed by atoms with Gasteiger partial charge in [0.25, 0.3) is 0 Å². The van der Waals surface area contributed by atoms with Gasteiger partial charge >= 0.3 is 0 Å². The van der Waals surface area contributed by atoms with Gasteiger partial charge in [0, 0.05) is 38.0 Å². The molecule has 0 spiro atoms. The third kappa shape index (κ3) is 6.26. The third-order valence-electron chi connectivity index (χ3n) is 2.67. The summed E-state index contributed by atoms with van der Waals surface area (Å²) in [5.41, 5.74) is 5.10. The maximum absolute atomic E-state index is 11.7. The van der Waals surface area contributed by atoms with E-state index in [-0.39, 0.29) is 24.7 Å². The van der Waals surface area contributed by atoms with Gasteiger partial charge in [-0.25, -0.2) is 0 Å². The Morgan fingerprint density at radius 1 is 1.18 bits per heavy atom. The Morgan fingerprint density at radius 2 is 1.71 bits per heavy atom. The van der Waals surface area contributed by atoms with E-state index in [1.807, 2.05) is 27.7 Å². The monoisotopic (exact) mass is 243 g/mol. The van der Waals surface area contributed by atoms with Crippen molar-refractivity contribution in [3.05, 3.63) is 0 Å². The van der Waals surface area contributed by atoms with Gasteiger partial charge in [-0.15, -0.1) is 0 Å². The quantitative estimate of drug-likeness (QED) is 0.683. The minimum atomic E-state index is -0.407. The molecule has 5 nitrogen and oxygen atoms in total. The average Bonchev–Trinajstić information content (AvgIpc) is 2.27. The first-order valence-electron chi connectivity index (χ1n) is 6.15. The van der Waals surface area contributed by atoms with Gasteiger partial charge in [-0.3, -0.25) is 9.59 Å². The van der Waals surface area contributed by atoms with Crippen molar-refractivity contribution in [1.82, 2.24) is 10.2 Å². The average molecular weight is 243 g/mol. The molecule has 0 aliphatic carbocycles. The van der Waals surface area contributed by atoms with Crippen LogP contribution >= 0.6 is 0 Å². The van der Waals surface area contributed by atoms with E-state index in [9.17, 15) is 9.59 Å². The van der Waals surface area contributed by atoms with Crippen LogP contribution in [0.2, 0.25) is 0 Å². The second-order valence-electron chi connectivity index (χ2n) is 4.70. The Morgan fingerprint density at radius 3 is 2.12 bits per heavy atom. The second-order valence-corrected chi connectivity index (χ2v) is 4.70. The highest BCUT2D eigenvalue weighted by molar-refractivity contribution is 5.84. The van der Waals surface area contributed by atoms with Crippen molar-refractivity contribution < 1.29 is 9.59 Å². The summed E-state index contributed by atoms with van der Waals surface area (Å²) >= 11 is 0. The molecular weight excluding hydrogens is 218 g/mol.